The number of benzene rings is 1. The summed E-state index contributed by atoms with van der Waals surface area (Å²) in [6.07, 6.45) is 1.13. The van der Waals surface area contributed by atoms with Crippen molar-refractivity contribution in [3.63, 3.8) is 0 Å². The lowest BCUT2D eigenvalue weighted by molar-refractivity contribution is 0.619. The van der Waals surface area contributed by atoms with Gasteiger partial charge < -0.3 is 10.6 Å². The molecule has 0 fully saturated rings. The summed E-state index contributed by atoms with van der Waals surface area (Å²) in [5.74, 6) is 0.0177. The van der Waals surface area contributed by atoms with Gasteiger partial charge in [0.2, 0.25) is 5.95 Å². The van der Waals surface area contributed by atoms with Crippen molar-refractivity contribution in [1.82, 2.24) is 9.97 Å². The molecule has 0 aliphatic carbocycles. The number of nitrogens with zero attached hydrogens (tertiary/aromatic N) is 2. The molecule has 1 heterocycles. The molecule has 0 saturated carbocycles. The highest BCUT2D eigenvalue weighted by atomic mass is 79.9. The zero-order valence-electron chi connectivity index (χ0n) is 9.96. The molecule has 2 aromatic rings. The summed E-state index contributed by atoms with van der Waals surface area (Å²) < 4.78 is 14.5. The normalized spacial score (nSPS) is 10.2. The van der Waals surface area contributed by atoms with Crippen LogP contribution in [0.2, 0.25) is 0 Å². The molecule has 0 aliphatic rings. The summed E-state index contributed by atoms with van der Waals surface area (Å²) in [4.78, 5) is 7.81. The van der Waals surface area contributed by atoms with Gasteiger partial charge in [-0.05, 0) is 30.7 Å². The van der Waals surface area contributed by atoms with Gasteiger partial charge in [0.15, 0.2) is 11.6 Å². The number of hydrogen-bond acceptors (Lipinski definition) is 4. The van der Waals surface area contributed by atoms with Crippen LogP contribution in [0.25, 0.3) is 0 Å². The van der Waals surface area contributed by atoms with Crippen molar-refractivity contribution >= 4 is 33.4 Å². The van der Waals surface area contributed by atoms with E-state index in [9.17, 15) is 4.39 Å². The third kappa shape index (κ3) is 2.95. The number of aromatic nitrogens is 2. The molecule has 0 amide bonds. The number of nitrogens with one attached hydrogen (secondary N) is 2. The topological polar surface area (TPSA) is 49.8 Å². The van der Waals surface area contributed by atoms with E-state index in [1.54, 1.807) is 7.05 Å². The fraction of sp³-hybridized carbons (Fsp3) is 0.167. The Kier molecular flexibility index (Phi) is 3.76. The highest BCUT2D eigenvalue weighted by Gasteiger charge is 2.07. The number of anilines is 3. The van der Waals surface area contributed by atoms with Crippen LogP contribution in [0.3, 0.4) is 0 Å². The molecular formula is C12H12BrFN4. The molecular weight excluding hydrogens is 299 g/mol. The minimum absolute atomic E-state index is 0.145. The van der Waals surface area contributed by atoms with Gasteiger partial charge in [0.1, 0.15) is 0 Å². The molecule has 0 spiro atoms. The molecule has 94 valence electrons. The third-order valence-electron chi connectivity index (χ3n) is 2.27. The Morgan fingerprint density at radius 1 is 1.28 bits per heavy atom. The van der Waals surface area contributed by atoms with Crippen molar-refractivity contribution in [2.24, 2.45) is 0 Å². The molecule has 2 rings (SSSR count). The minimum Gasteiger partial charge on any atom is -0.357 e. The van der Waals surface area contributed by atoms with Crippen molar-refractivity contribution in [1.29, 1.82) is 0 Å². The fourth-order valence-electron chi connectivity index (χ4n) is 1.52. The molecule has 1 aromatic heterocycles. The van der Waals surface area contributed by atoms with Gasteiger partial charge in [-0.3, -0.25) is 0 Å². The van der Waals surface area contributed by atoms with Crippen molar-refractivity contribution < 1.29 is 4.39 Å². The number of aryl methyl sites for hydroxylation is 1. The predicted molar refractivity (Wildman–Crippen MR) is 73.7 cm³/mol. The average Bonchev–Trinajstić information content (AvgIpc) is 2.30. The minimum atomic E-state index is -0.494. The maximum absolute atomic E-state index is 13.6. The van der Waals surface area contributed by atoms with Crippen molar-refractivity contribution in [3.8, 4) is 0 Å². The molecule has 0 atom stereocenters. The van der Waals surface area contributed by atoms with E-state index in [0.717, 1.165) is 21.9 Å². The Morgan fingerprint density at radius 3 is 2.72 bits per heavy atom. The molecule has 18 heavy (non-hydrogen) atoms. The molecule has 1 aromatic carbocycles. The van der Waals surface area contributed by atoms with Crippen LogP contribution in [0, 0.1) is 12.7 Å². The average molecular weight is 311 g/mol. The molecule has 0 unspecified atom stereocenters. The molecule has 4 nitrogen and oxygen atoms in total. The van der Waals surface area contributed by atoms with E-state index < -0.39 is 5.82 Å². The van der Waals surface area contributed by atoms with Crippen LogP contribution in [0.1, 0.15) is 5.56 Å². The van der Waals surface area contributed by atoms with E-state index in [1.165, 1.54) is 0 Å². The SMILES string of the molecule is CNc1ncc(F)c(Nc2cc(C)cc(Br)c2)n1. The highest BCUT2D eigenvalue weighted by Crippen LogP contribution is 2.23. The maximum Gasteiger partial charge on any atom is 0.224 e. The second kappa shape index (κ2) is 5.30. The molecule has 2 N–H and O–H groups in total. The van der Waals surface area contributed by atoms with Crippen LogP contribution in [-0.4, -0.2) is 17.0 Å². The van der Waals surface area contributed by atoms with Gasteiger partial charge in [-0.15, -0.1) is 0 Å². The quantitative estimate of drug-likeness (QED) is 0.911. The van der Waals surface area contributed by atoms with E-state index in [1.807, 2.05) is 25.1 Å². The van der Waals surface area contributed by atoms with Gasteiger partial charge in [0, 0.05) is 17.2 Å². The molecule has 0 saturated heterocycles. The lowest BCUT2D eigenvalue weighted by Crippen LogP contribution is -2.03. The highest BCUT2D eigenvalue weighted by molar-refractivity contribution is 9.10. The summed E-state index contributed by atoms with van der Waals surface area (Å²) in [5, 5.41) is 5.70. The Bertz CT molecular complexity index is 554. The number of hydrogen-bond donors (Lipinski definition) is 2. The summed E-state index contributed by atoms with van der Waals surface area (Å²) in [6.45, 7) is 1.96. The Morgan fingerprint density at radius 2 is 2.06 bits per heavy atom. The van der Waals surface area contributed by atoms with E-state index in [-0.39, 0.29) is 5.82 Å². The van der Waals surface area contributed by atoms with Crippen LogP contribution in [-0.2, 0) is 0 Å². The first kappa shape index (κ1) is 12.8. The zero-order chi connectivity index (χ0) is 13.1. The zero-order valence-corrected chi connectivity index (χ0v) is 11.5. The molecule has 6 heteroatoms. The van der Waals surface area contributed by atoms with Gasteiger partial charge >= 0.3 is 0 Å². The van der Waals surface area contributed by atoms with Gasteiger partial charge in [-0.25, -0.2) is 9.37 Å². The van der Waals surface area contributed by atoms with E-state index in [0.29, 0.717) is 5.95 Å². The lowest BCUT2D eigenvalue weighted by atomic mass is 10.2. The van der Waals surface area contributed by atoms with Crippen LogP contribution in [0.4, 0.5) is 21.8 Å². The molecule has 0 aliphatic heterocycles. The Hall–Kier alpha value is -1.69. The monoisotopic (exact) mass is 310 g/mol. The Labute approximate surface area is 113 Å². The first-order valence-corrected chi connectivity index (χ1v) is 6.12. The summed E-state index contributed by atoms with van der Waals surface area (Å²) in [5.41, 5.74) is 1.83. The Balaban J connectivity index is 2.33. The van der Waals surface area contributed by atoms with Crippen molar-refractivity contribution in [2.45, 2.75) is 6.92 Å². The maximum atomic E-state index is 13.6. The smallest absolute Gasteiger partial charge is 0.224 e. The van der Waals surface area contributed by atoms with E-state index in [4.69, 9.17) is 0 Å². The van der Waals surface area contributed by atoms with Crippen LogP contribution < -0.4 is 10.6 Å². The number of halogens is 2. The van der Waals surface area contributed by atoms with Crippen molar-refractivity contribution in [2.75, 3.05) is 17.7 Å². The second-order valence-corrected chi connectivity index (χ2v) is 4.70. The summed E-state index contributed by atoms with van der Waals surface area (Å²) >= 11 is 3.39. The van der Waals surface area contributed by atoms with Crippen molar-refractivity contribution in [3.05, 3.63) is 40.2 Å². The van der Waals surface area contributed by atoms with Crippen LogP contribution in [0.15, 0.2) is 28.9 Å². The van der Waals surface area contributed by atoms with E-state index in [2.05, 4.69) is 36.5 Å². The largest absolute Gasteiger partial charge is 0.357 e. The lowest BCUT2D eigenvalue weighted by Gasteiger charge is -2.09. The predicted octanol–water partition coefficient (Wildman–Crippen LogP) is 3.47. The second-order valence-electron chi connectivity index (χ2n) is 3.78. The van der Waals surface area contributed by atoms with Gasteiger partial charge in [-0.1, -0.05) is 15.9 Å². The van der Waals surface area contributed by atoms with Crippen LogP contribution >= 0.6 is 15.9 Å². The first-order chi connectivity index (χ1) is 8.58. The fourth-order valence-corrected chi connectivity index (χ4v) is 2.13. The third-order valence-corrected chi connectivity index (χ3v) is 2.73. The first-order valence-electron chi connectivity index (χ1n) is 5.33. The van der Waals surface area contributed by atoms with Gasteiger partial charge in [0.05, 0.1) is 6.20 Å². The molecule has 0 radical (unpaired) electrons. The van der Waals surface area contributed by atoms with Crippen LogP contribution in [0.5, 0.6) is 0 Å². The summed E-state index contributed by atoms with van der Waals surface area (Å²) in [6, 6.07) is 5.74. The number of rotatable bonds is 3. The molecule has 0 bridgehead atoms. The van der Waals surface area contributed by atoms with Gasteiger partial charge in [-0.2, -0.15) is 4.98 Å². The van der Waals surface area contributed by atoms with Gasteiger partial charge in [0.25, 0.3) is 0 Å². The summed E-state index contributed by atoms with van der Waals surface area (Å²) in [7, 11) is 1.68. The van der Waals surface area contributed by atoms with E-state index >= 15 is 0 Å². The standard InChI is InChI=1S/C12H12BrFN4/c1-7-3-8(13)5-9(4-7)17-11-10(14)6-16-12(15-2)18-11/h3-6H,1-2H3,(H2,15,16,17,18).